The summed E-state index contributed by atoms with van der Waals surface area (Å²) in [7, 11) is 0. The molecule has 2 aromatic rings. The van der Waals surface area contributed by atoms with Gasteiger partial charge in [-0.15, -0.1) is 11.8 Å². The molecule has 1 aromatic carbocycles. The van der Waals surface area contributed by atoms with E-state index in [2.05, 4.69) is 10.3 Å². The summed E-state index contributed by atoms with van der Waals surface area (Å²) < 4.78 is 0. The van der Waals surface area contributed by atoms with Crippen LogP contribution in [0.15, 0.2) is 47.6 Å². The molecule has 0 aliphatic carbocycles. The number of pyridine rings is 1. The second-order valence-electron chi connectivity index (χ2n) is 3.83. The second-order valence-corrected chi connectivity index (χ2v) is 4.62. The molecule has 0 spiro atoms. The van der Waals surface area contributed by atoms with Crippen molar-refractivity contribution in [2.45, 2.75) is 11.9 Å². The number of carbonyl (C=O) groups excluding carboxylic acids is 1. The van der Waals surface area contributed by atoms with E-state index in [1.54, 1.807) is 18.3 Å². The maximum atomic E-state index is 12.2. The molecule has 1 N–H and O–H groups in total. The Balaban J connectivity index is 2.25. The van der Waals surface area contributed by atoms with E-state index in [-0.39, 0.29) is 5.91 Å². The Morgan fingerprint density at radius 2 is 2.00 bits per heavy atom. The first-order chi connectivity index (χ1) is 8.72. The Kier molecular flexibility index (Phi) is 3.99. The Hall–Kier alpha value is -1.81. The summed E-state index contributed by atoms with van der Waals surface area (Å²) in [6.45, 7) is 1.97. The molecule has 0 saturated heterocycles. The van der Waals surface area contributed by atoms with Crippen LogP contribution >= 0.6 is 11.8 Å². The number of hydrogen-bond donors (Lipinski definition) is 1. The monoisotopic (exact) mass is 258 g/mol. The molecule has 1 amide bonds. The first-order valence-electron chi connectivity index (χ1n) is 5.58. The average molecular weight is 258 g/mol. The van der Waals surface area contributed by atoms with Crippen molar-refractivity contribution >= 4 is 23.4 Å². The summed E-state index contributed by atoms with van der Waals surface area (Å²) in [6, 6.07) is 11.3. The minimum Gasteiger partial charge on any atom is -0.322 e. The van der Waals surface area contributed by atoms with Crippen molar-refractivity contribution in [3.8, 4) is 0 Å². The van der Waals surface area contributed by atoms with Gasteiger partial charge < -0.3 is 5.32 Å². The van der Waals surface area contributed by atoms with Crippen LogP contribution in [-0.2, 0) is 0 Å². The second kappa shape index (κ2) is 5.69. The molecule has 0 unspecified atom stereocenters. The van der Waals surface area contributed by atoms with Crippen LogP contribution in [0.3, 0.4) is 0 Å². The van der Waals surface area contributed by atoms with Gasteiger partial charge in [0.15, 0.2) is 0 Å². The van der Waals surface area contributed by atoms with Gasteiger partial charge in [0.1, 0.15) is 5.03 Å². The molecular formula is C14H14N2OS. The Labute approximate surface area is 111 Å². The molecule has 1 aromatic heterocycles. The SMILES string of the molecule is CSc1ncccc1C(=O)Nc1ccccc1C. The van der Waals surface area contributed by atoms with Crippen LogP contribution in [0.4, 0.5) is 5.69 Å². The fourth-order valence-electron chi connectivity index (χ4n) is 1.63. The molecule has 0 aliphatic rings. The van der Waals surface area contributed by atoms with Crippen molar-refractivity contribution in [2.75, 3.05) is 11.6 Å². The highest BCUT2D eigenvalue weighted by Gasteiger charge is 2.12. The number of anilines is 1. The summed E-state index contributed by atoms with van der Waals surface area (Å²) in [5, 5.41) is 3.65. The Morgan fingerprint density at radius 3 is 2.72 bits per heavy atom. The first-order valence-corrected chi connectivity index (χ1v) is 6.81. The zero-order chi connectivity index (χ0) is 13.0. The molecule has 0 bridgehead atoms. The largest absolute Gasteiger partial charge is 0.322 e. The number of amides is 1. The number of aromatic nitrogens is 1. The zero-order valence-corrected chi connectivity index (χ0v) is 11.1. The maximum Gasteiger partial charge on any atom is 0.258 e. The van der Waals surface area contributed by atoms with Crippen LogP contribution in [0, 0.1) is 6.92 Å². The lowest BCUT2D eigenvalue weighted by Crippen LogP contribution is -2.14. The highest BCUT2D eigenvalue weighted by atomic mass is 32.2. The van der Waals surface area contributed by atoms with Crippen LogP contribution in [0.5, 0.6) is 0 Å². The predicted molar refractivity (Wildman–Crippen MR) is 75.2 cm³/mol. The Morgan fingerprint density at radius 1 is 1.22 bits per heavy atom. The lowest BCUT2D eigenvalue weighted by Gasteiger charge is -2.09. The normalized spacial score (nSPS) is 10.1. The number of para-hydroxylation sites is 1. The van der Waals surface area contributed by atoms with Gasteiger partial charge in [-0.2, -0.15) is 0 Å². The molecule has 0 radical (unpaired) electrons. The van der Waals surface area contributed by atoms with Crippen LogP contribution in [0.25, 0.3) is 0 Å². The number of benzene rings is 1. The molecule has 0 atom stereocenters. The molecule has 4 heteroatoms. The van der Waals surface area contributed by atoms with E-state index in [4.69, 9.17) is 0 Å². The van der Waals surface area contributed by atoms with Crippen molar-refractivity contribution in [1.29, 1.82) is 0 Å². The van der Waals surface area contributed by atoms with Crippen molar-refractivity contribution in [3.63, 3.8) is 0 Å². The van der Waals surface area contributed by atoms with Crippen molar-refractivity contribution < 1.29 is 4.79 Å². The van der Waals surface area contributed by atoms with E-state index >= 15 is 0 Å². The zero-order valence-electron chi connectivity index (χ0n) is 10.3. The highest BCUT2D eigenvalue weighted by molar-refractivity contribution is 7.98. The van der Waals surface area contributed by atoms with Crippen LogP contribution < -0.4 is 5.32 Å². The fraction of sp³-hybridized carbons (Fsp3) is 0.143. The molecule has 0 saturated carbocycles. The van der Waals surface area contributed by atoms with Gasteiger partial charge in [0.05, 0.1) is 5.56 Å². The number of aryl methyl sites for hydroxylation is 1. The van der Waals surface area contributed by atoms with Gasteiger partial charge >= 0.3 is 0 Å². The van der Waals surface area contributed by atoms with Crippen LogP contribution in [-0.4, -0.2) is 17.1 Å². The highest BCUT2D eigenvalue weighted by Crippen LogP contribution is 2.19. The summed E-state index contributed by atoms with van der Waals surface area (Å²) in [5.41, 5.74) is 2.48. The number of thioether (sulfide) groups is 1. The summed E-state index contributed by atoms with van der Waals surface area (Å²) in [4.78, 5) is 16.4. The molecule has 0 aliphatic heterocycles. The number of rotatable bonds is 3. The molecule has 3 nitrogen and oxygen atoms in total. The topological polar surface area (TPSA) is 42.0 Å². The van der Waals surface area contributed by atoms with E-state index in [0.717, 1.165) is 16.3 Å². The molecule has 18 heavy (non-hydrogen) atoms. The number of hydrogen-bond acceptors (Lipinski definition) is 3. The lowest BCUT2D eigenvalue weighted by molar-refractivity contribution is 0.102. The van der Waals surface area contributed by atoms with Crippen LogP contribution in [0.1, 0.15) is 15.9 Å². The fourth-order valence-corrected chi connectivity index (χ4v) is 2.18. The van der Waals surface area contributed by atoms with E-state index in [1.807, 2.05) is 37.4 Å². The number of carbonyl (C=O) groups is 1. The van der Waals surface area contributed by atoms with E-state index < -0.39 is 0 Å². The maximum absolute atomic E-state index is 12.2. The van der Waals surface area contributed by atoms with Crippen molar-refractivity contribution in [1.82, 2.24) is 4.98 Å². The molecule has 0 fully saturated rings. The van der Waals surface area contributed by atoms with Gasteiger partial charge in [-0.25, -0.2) is 4.98 Å². The van der Waals surface area contributed by atoms with Gasteiger partial charge in [0.25, 0.3) is 5.91 Å². The third kappa shape index (κ3) is 2.71. The Bertz CT molecular complexity index is 569. The molecule has 1 heterocycles. The van der Waals surface area contributed by atoms with E-state index in [9.17, 15) is 4.79 Å². The quantitative estimate of drug-likeness (QED) is 0.858. The lowest BCUT2D eigenvalue weighted by atomic mass is 10.2. The average Bonchev–Trinajstić information content (AvgIpc) is 2.41. The predicted octanol–water partition coefficient (Wildman–Crippen LogP) is 3.36. The van der Waals surface area contributed by atoms with Crippen molar-refractivity contribution in [2.24, 2.45) is 0 Å². The van der Waals surface area contributed by atoms with Crippen LogP contribution in [0.2, 0.25) is 0 Å². The van der Waals surface area contributed by atoms with Gasteiger partial charge in [-0.05, 0) is 36.9 Å². The third-order valence-corrected chi connectivity index (χ3v) is 3.31. The van der Waals surface area contributed by atoms with Gasteiger partial charge in [0, 0.05) is 11.9 Å². The summed E-state index contributed by atoms with van der Waals surface area (Å²) in [5.74, 6) is -0.123. The smallest absolute Gasteiger partial charge is 0.258 e. The molecule has 2 rings (SSSR count). The standard InChI is InChI=1S/C14H14N2OS/c1-10-6-3-4-8-12(10)16-13(17)11-7-5-9-15-14(11)18-2/h3-9H,1-2H3,(H,16,17). The minimum absolute atomic E-state index is 0.123. The molecule has 92 valence electrons. The summed E-state index contributed by atoms with van der Waals surface area (Å²) >= 11 is 1.47. The van der Waals surface area contributed by atoms with Crippen molar-refractivity contribution in [3.05, 3.63) is 53.7 Å². The minimum atomic E-state index is -0.123. The number of nitrogens with one attached hydrogen (secondary N) is 1. The van der Waals surface area contributed by atoms with Gasteiger partial charge in [-0.1, -0.05) is 18.2 Å². The van der Waals surface area contributed by atoms with E-state index in [1.165, 1.54) is 11.8 Å². The first kappa shape index (κ1) is 12.6. The summed E-state index contributed by atoms with van der Waals surface area (Å²) in [6.07, 6.45) is 3.60. The molecular weight excluding hydrogens is 244 g/mol. The number of nitrogens with zero attached hydrogens (tertiary/aromatic N) is 1. The van der Waals surface area contributed by atoms with Gasteiger partial charge in [-0.3, -0.25) is 4.79 Å². The third-order valence-electron chi connectivity index (χ3n) is 2.60. The van der Waals surface area contributed by atoms with Gasteiger partial charge in [0.2, 0.25) is 0 Å². The van der Waals surface area contributed by atoms with E-state index in [0.29, 0.717) is 5.56 Å².